The van der Waals surface area contributed by atoms with Gasteiger partial charge in [0.1, 0.15) is 6.61 Å². The fraction of sp³-hybridized carbons (Fsp3) is 0.370. The number of amides is 1. The monoisotopic (exact) mass is 464 g/mol. The second-order valence-corrected chi connectivity index (χ2v) is 9.86. The molecule has 34 heavy (non-hydrogen) atoms. The molecule has 2 N–H and O–H groups in total. The van der Waals surface area contributed by atoms with E-state index in [1.165, 1.54) is 6.07 Å². The second-order valence-electron chi connectivity index (χ2n) is 9.86. The lowest BCUT2D eigenvalue weighted by Crippen LogP contribution is -2.55. The van der Waals surface area contributed by atoms with Crippen LogP contribution in [0.15, 0.2) is 60.7 Å². The van der Waals surface area contributed by atoms with Gasteiger partial charge < -0.3 is 19.9 Å². The topological polar surface area (TPSA) is 97.8 Å². The van der Waals surface area contributed by atoms with Crippen molar-refractivity contribution in [2.24, 2.45) is 5.41 Å². The van der Waals surface area contributed by atoms with Crippen LogP contribution in [0.3, 0.4) is 0 Å². The van der Waals surface area contributed by atoms with Crippen molar-refractivity contribution < 1.29 is 24.2 Å². The predicted octanol–water partition coefficient (Wildman–Crippen LogP) is 5.45. The van der Waals surface area contributed by atoms with E-state index in [4.69, 9.17) is 9.47 Å². The van der Waals surface area contributed by atoms with Crippen molar-refractivity contribution in [1.82, 2.24) is 10.3 Å². The highest BCUT2D eigenvalue weighted by molar-refractivity contribution is 5.90. The molecule has 180 valence electrons. The van der Waals surface area contributed by atoms with Gasteiger partial charge in [0.05, 0.1) is 11.6 Å². The lowest BCUT2D eigenvalue weighted by molar-refractivity contribution is -0.157. The summed E-state index contributed by atoms with van der Waals surface area (Å²) in [6.07, 6.45) is -0.839. The lowest BCUT2D eigenvalue weighted by Gasteiger charge is -2.38. The zero-order valence-electron chi connectivity index (χ0n) is 20.3. The third-order valence-corrected chi connectivity index (χ3v) is 5.18. The first-order chi connectivity index (χ1) is 16.0. The van der Waals surface area contributed by atoms with Crippen molar-refractivity contribution in [3.05, 3.63) is 71.8 Å². The molecule has 0 spiro atoms. The Bertz CT molecular complexity index is 1150. The summed E-state index contributed by atoms with van der Waals surface area (Å²) in [7, 11) is 0. The summed E-state index contributed by atoms with van der Waals surface area (Å²) in [6.45, 7) is 9.56. The molecule has 0 aliphatic carbocycles. The predicted molar refractivity (Wildman–Crippen MR) is 130 cm³/mol. The number of benzene rings is 2. The van der Waals surface area contributed by atoms with Gasteiger partial charge in [-0.1, -0.05) is 57.2 Å². The number of alkyl carbamates (subject to hydrolysis) is 1. The average molecular weight is 465 g/mol. The van der Waals surface area contributed by atoms with E-state index in [1.807, 2.05) is 51.1 Å². The number of hydrogen-bond acceptors (Lipinski definition) is 6. The van der Waals surface area contributed by atoms with E-state index in [0.717, 1.165) is 5.56 Å². The molecule has 7 heteroatoms. The summed E-state index contributed by atoms with van der Waals surface area (Å²) in [5.74, 6) is -0.664. The summed E-state index contributed by atoms with van der Waals surface area (Å²) in [5, 5.41) is 13.3. The van der Waals surface area contributed by atoms with E-state index in [0.29, 0.717) is 16.5 Å². The average Bonchev–Trinajstić information content (AvgIpc) is 2.76. The Labute approximate surface area is 200 Å². The van der Waals surface area contributed by atoms with Crippen LogP contribution >= 0.6 is 0 Å². The number of rotatable bonds is 7. The zero-order chi connectivity index (χ0) is 24.9. The summed E-state index contributed by atoms with van der Waals surface area (Å²) in [5.41, 5.74) is 0.0928. The van der Waals surface area contributed by atoms with Gasteiger partial charge in [0, 0.05) is 11.5 Å². The number of aromatic hydroxyl groups is 1. The van der Waals surface area contributed by atoms with Gasteiger partial charge in [-0.25, -0.2) is 14.6 Å². The van der Waals surface area contributed by atoms with Crippen LogP contribution in [-0.4, -0.2) is 28.3 Å². The number of hydrogen-bond donors (Lipinski definition) is 2. The molecule has 0 bridgehead atoms. The molecule has 0 radical (unpaired) electrons. The van der Waals surface area contributed by atoms with Gasteiger partial charge in [0.15, 0.2) is 5.54 Å². The highest BCUT2D eigenvalue weighted by atomic mass is 16.6. The van der Waals surface area contributed by atoms with Crippen LogP contribution in [0, 0.1) is 5.41 Å². The van der Waals surface area contributed by atoms with Gasteiger partial charge in [-0.15, -0.1) is 0 Å². The van der Waals surface area contributed by atoms with E-state index < -0.39 is 17.6 Å². The second kappa shape index (κ2) is 10.1. The van der Waals surface area contributed by atoms with Gasteiger partial charge in [-0.2, -0.15) is 0 Å². The smallest absolute Gasteiger partial charge is 0.408 e. The maximum absolute atomic E-state index is 13.6. The molecule has 7 nitrogen and oxygen atoms in total. The minimum atomic E-state index is -1.50. The van der Waals surface area contributed by atoms with E-state index in [1.54, 1.807) is 38.1 Å². The van der Waals surface area contributed by atoms with Crippen LogP contribution in [-0.2, 0) is 26.4 Å². The first-order valence-corrected chi connectivity index (χ1v) is 11.3. The highest BCUT2D eigenvalue weighted by Gasteiger charge is 2.47. The van der Waals surface area contributed by atoms with Crippen LogP contribution in [0.25, 0.3) is 10.9 Å². The molecule has 0 fully saturated rings. The van der Waals surface area contributed by atoms with Crippen molar-refractivity contribution in [3.8, 4) is 5.88 Å². The van der Waals surface area contributed by atoms with Gasteiger partial charge in [0.25, 0.3) is 0 Å². The molecule has 1 heterocycles. The number of aromatic nitrogens is 1. The molecule has 1 aromatic heterocycles. The first kappa shape index (κ1) is 25.0. The van der Waals surface area contributed by atoms with E-state index in [2.05, 4.69) is 10.3 Å². The molecule has 0 saturated carbocycles. The first-order valence-electron chi connectivity index (χ1n) is 11.3. The van der Waals surface area contributed by atoms with Crippen LogP contribution in [0.5, 0.6) is 5.88 Å². The number of fused-ring (bicyclic) bond motifs is 1. The molecule has 0 unspecified atom stereocenters. The van der Waals surface area contributed by atoms with Crippen LogP contribution in [0.4, 0.5) is 4.79 Å². The molecule has 1 amide bonds. The summed E-state index contributed by atoms with van der Waals surface area (Å²) >= 11 is 0. The Balaban J connectivity index is 2.04. The van der Waals surface area contributed by atoms with Gasteiger partial charge >= 0.3 is 12.1 Å². The van der Waals surface area contributed by atoms with E-state index >= 15 is 0 Å². The SMILES string of the molecule is CC(C)OC(=O)[C@](CC(C)(C)C)(NC(=O)OCc1ccccc1)c1ccc2nc(O)ccc2c1. The molecule has 2 aromatic carbocycles. The summed E-state index contributed by atoms with van der Waals surface area (Å²) < 4.78 is 11.1. The fourth-order valence-corrected chi connectivity index (χ4v) is 3.88. The highest BCUT2D eigenvalue weighted by Crippen LogP contribution is 2.38. The van der Waals surface area contributed by atoms with E-state index in [9.17, 15) is 14.7 Å². The molecule has 0 aliphatic rings. The number of nitrogens with one attached hydrogen (secondary N) is 1. The zero-order valence-corrected chi connectivity index (χ0v) is 20.3. The maximum atomic E-state index is 13.6. The Kier molecular flexibility index (Phi) is 7.44. The van der Waals surface area contributed by atoms with Crippen LogP contribution in [0.1, 0.15) is 52.2 Å². The van der Waals surface area contributed by atoms with E-state index in [-0.39, 0.29) is 30.4 Å². The van der Waals surface area contributed by atoms with Crippen molar-refractivity contribution in [3.63, 3.8) is 0 Å². The van der Waals surface area contributed by atoms with Gasteiger partial charge in [0.2, 0.25) is 5.88 Å². The Morgan fingerprint density at radius 1 is 1.03 bits per heavy atom. The summed E-state index contributed by atoms with van der Waals surface area (Å²) in [6, 6.07) is 17.7. The fourth-order valence-electron chi connectivity index (χ4n) is 3.88. The van der Waals surface area contributed by atoms with Crippen molar-refractivity contribution in [1.29, 1.82) is 0 Å². The molecule has 0 aliphatic heterocycles. The number of ether oxygens (including phenoxy) is 2. The quantitative estimate of drug-likeness (QED) is 0.451. The lowest BCUT2D eigenvalue weighted by atomic mass is 9.75. The maximum Gasteiger partial charge on any atom is 0.408 e. The Hall–Kier alpha value is -3.61. The number of pyridine rings is 1. The summed E-state index contributed by atoms with van der Waals surface area (Å²) in [4.78, 5) is 30.7. The minimum absolute atomic E-state index is 0.0679. The molecule has 3 aromatic rings. The standard InChI is InChI=1S/C27H32N2O5/c1-18(2)34-24(31)27(17-26(3,4)5,29-25(32)33-16-19-9-7-6-8-10-19)21-12-13-22-20(15-21)11-14-23(30)28-22/h6-15,18H,16-17H2,1-5H3,(H,28,30)(H,29,32)/t27-/m1/s1. The molecule has 3 rings (SSSR count). The number of carbonyl (C=O) groups excluding carboxylic acids is 2. The Morgan fingerprint density at radius 2 is 1.74 bits per heavy atom. The Morgan fingerprint density at radius 3 is 2.38 bits per heavy atom. The largest absolute Gasteiger partial charge is 0.493 e. The van der Waals surface area contributed by atoms with Crippen molar-refractivity contribution in [2.45, 2.75) is 59.3 Å². The molecular formula is C27H32N2O5. The van der Waals surface area contributed by atoms with Gasteiger partial charge in [-0.3, -0.25) is 0 Å². The van der Waals surface area contributed by atoms with Crippen LogP contribution < -0.4 is 5.32 Å². The van der Waals surface area contributed by atoms with Gasteiger partial charge in [-0.05, 0) is 55.0 Å². The van der Waals surface area contributed by atoms with Crippen molar-refractivity contribution >= 4 is 23.0 Å². The minimum Gasteiger partial charge on any atom is -0.493 e. The molecule has 0 saturated heterocycles. The normalized spacial score (nSPS) is 13.4. The van der Waals surface area contributed by atoms with Crippen LogP contribution in [0.2, 0.25) is 0 Å². The molecular weight excluding hydrogens is 432 g/mol. The number of carbonyl (C=O) groups is 2. The van der Waals surface area contributed by atoms with Crippen molar-refractivity contribution in [2.75, 3.05) is 0 Å². The molecule has 1 atom stereocenters. The number of nitrogens with zero attached hydrogens (tertiary/aromatic N) is 1. The number of esters is 1. The third-order valence-electron chi connectivity index (χ3n) is 5.18. The third kappa shape index (κ3) is 6.25.